The van der Waals surface area contributed by atoms with Crippen LogP contribution in [-0.2, 0) is 0 Å². The van der Waals surface area contributed by atoms with Crippen LogP contribution in [0.4, 0.5) is 5.82 Å². The molecule has 3 N–H and O–H groups in total. The van der Waals surface area contributed by atoms with E-state index < -0.39 is 0 Å². The highest BCUT2D eigenvalue weighted by Crippen LogP contribution is 2.31. The molecule has 0 aromatic carbocycles. The standard InChI is InChI=1S/C11H15N5O/c12-10-9-11(14-5-13-10)16(6-15-9)7-3-1-2-4-8(7)17/h5-8,17H,1-4H2,(H2,12,13,14)/t7-,8+/m1/s1. The van der Waals surface area contributed by atoms with E-state index in [9.17, 15) is 5.11 Å². The van der Waals surface area contributed by atoms with Gasteiger partial charge < -0.3 is 15.4 Å². The second-order valence-electron chi connectivity index (χ2n) is 4.50. The third-order valence-corrected chi connectivity index (χ3v) is 3.44. The van der Waals surface area contributed by atoms with Crippen LogP contribution in [0.3, 0.4) is 0 Å². The molecule has 1 aliphatic carbocycles. The zero-order valence-electron chi connectivity index (χ0n) is 9.45. The normalized spacial score (nSPS) is 25.2. The number of aliphatic hydroxyl groups excluding tert-OH is 1. The molecular weight excluding hydrogens is 218 g/mol. The number of hydrogen-bond donors (Lipinski definition) is 2. The number of anilines is 1. The molecule has 2 heterocycles. The van der Waals surface area contributed by atoms with Gasteiger partial charge in [-0.15, -0.1) is 0 Å². The van der Waals surface area contributed by atoms with E-state index >= 15 is 0 Å². The van der Waals surface area contributed by atoms with E-state index in [-0.39, 0.29) is 12.1 Å². The van der Waals surface area contributed by atoms with Crippen LogP contribution < -0.4 is 5.73 Å². The summed E-state index contributed by atoms with van der Waals surface area (Å²) in [5, 5.41) is 10.0. The summed E-state index contributed by atoms with van der Waals surface area (Å²) in [6.07, 6.45) is 6.82. The van der Waals surface area contributed by atoms with Crippen LogP contribution in [0.5, 0.6) is 0 Å². The minimum atomic E-state index is -0.322. The Labute approximate surface area is 98.5 Å². The number of nitrogens with zero attached hydrogens (tertiary/aromatic N) is 4. The van der Waals surface area contributed by atoms with Gasteiger partial charge in [0.05, 0.1) is 18.5 Å². The van der Waals surface area contributed by atoms with Crippen LogP contribution in [0.2, 0.25) is 0 Å². The quantitative estimate of drug-likeness (QED) is 0.763. The Hall–Kier alpha value is -1.69. The Morgan fingerprint density at radius 3 is 2.88 bits per heavy atom. The van der Waals surface area contributed by atoms with E-state index in [0.717, 1.165) is 25.7 Å². The smallest absolute Gasteiger partial charge is 0.165 e. The molecule has 0 radical (unpaired) electrons. The molecule has 17 heavy (non-hydrogen) atoms. The lowest BCUT2D eigenvalue weighted by molar-refractivity contribution is 0.0770. The van der Waals surface area contributed by atoms with Crippen molar-refractivity contribution in [1.29, 1.82) is 0 Å². The molecule has 6 nitrogen and oxygen atoms in total. The maximum atomic E-state index is 10.0. The van der Waals surface area contributed by atoms with Gasteiger partial charge in [0.15, 0.2) is 11.5 Å². The van der Waals surface area contributed by atoms with E-state index in [1.807, 2.05) is 4.57 Å². The number of aromatic nitrogens is 4. The van der Waals surface area contributed by atoms with Crippen molar-refractivity contribution < 1.29 is 5.11 Å². The van der Waals surface area contributed by atoms with Gasteiger partial charge >= 0.3 is 0 Å². The second kappa shape index (κ2) is 3.96. The Kier molecular flexibility index (Phi) is 2.44. The number of nitrogens with two attached hydrogens (primary N) is 1. The second-order valence-corrected chi connectivity index (χ2v) is 4.50. The van der Waals surface area contributed by atoms with Crippen LogP contribution in [-0.4, -0.2) is 30.7 Å². The molecule has 0 saturated heterocycles. The number of hydrogen-bond acceptors (Lipinski definition) is 5. The molecule has 2 aromatic rings. The first-order valence-electron chi connectivity index (χ1n) is 5.88. The molecule has 0 bridgehead atoms. The first-order chi connectivity index (χ1) is 8.27. The van der Waals surface area contributed by atoms with Crippen molar-refractivity contribution in [1.82, 2.24) is 19.5 Å². The summed E-state index contributed by atoms with van der Waals surface area (Å²) in [5.41, 5.74) is 7.07. The molecule has 3 rings (SSSR count). The maximum Gasteiger partial charge on any atom is 0.165 e. The Balaban J connectivity index is 2.08. The number of fused-ring (bicyclic) bond motifs is 1. The Bertz CT molecular complexity index is 538. The van der Waals surface area contributed by atoms with E-state index in [4.69, 9.17) is 5.73 Å². The topological polar surface area (TPSA) is 89.9 Å². The molecule has 0 unspecified atom stereocenters. The van der Waals surface area contributed by atoms with E-state index in [1.165, 1.54) is 6.33 Å². The first kappa shape index (κ1) is 10.5. The molecule has 2 aromatic heterocycles. The highest BCUT2D eigenvalue weighted by molar-refractivity contribution is 5.81. The number of imidazole rings is 1. The summed E-state index contributed by atoms with van der Waals surface area (Å²) in [4.78, 5) is 12.4. The van der Waals surface area contributed by atoms with Gasteiger partial charge in [-0.1, -0.05) is 12.8 Å². The number of rotatable bonds is 1. The van der Waals surface area contributed by atoms with E-state index in [1.54, 1.807) is 6.33 Å². The van der Waals surface area contributed by atoms with Crippen molar-refractivity contribution in [2.75, 3.05) is 5.73 Å². The molecule has 2 atom stereocenters. The lowest BCUT2D eigenvalue weighted by atomic mass is 9.92. The van der Waals surface area contributed by atoms with Gasteiger partial charge in [-0.2, -0.15) is 0 Å². The third-order valence-electron chi connectivity index (χ3n) is 3.44. The fraction of sp³-hybridized carbons (Fsp3) is 0.545. The maximum absolute atomic E-state index is 10.0. The monoisotopic (exact) mass is 233 g/mol. The van der Waals surface area contributed by atoms with Crippen molar-refractivity contribution in [2.24, 2.45) is 0 Å². The van der Waals surface area contributed by atoms with Crippen LogP contribution in [0.1, 0.15) is 31.7 Å². The van der Waals surface area contributed by atoms with Gasteiger partial charge in [-0.05, 0) is 12.8 Å². The lowest BCUT2D eigenvalue weighted by Gasteiger charge is -2.28. The van der Waals surface area contributed by atoms with Crippen molar-refractivity contribution in [3.63, 3.8) is 0 Å². The summed E-state index contributed by atoms with van der Waals surface area (Å²) in [6.45, 7) is 0. The summed E-state index contributed by atoms with van der Waals surface area (Å²) in [7, 11) is 0. The lowest BCUT2D eigenvalue weighted by Crippen LogP contribution is -2.27. The van der Waals surface area contributed by atoms with Gasteiger partial charge in [0.25, 0.3) is 0 Å². The molecule has 90 valence electrons. The molecule has 1 fully saturated rings. The fourth-order valence-corrected chi connectivity index (χ4v) is 2.53. The van der Waals surface area contributed by atoms with Crippen LogP contribution >= 0.6 is 0 Å². The Morgan fingerprint density at radius 2 is 2.06 bits per heavy atom. The molecule has 0 spiro atoms. The van der Waals surface area contributed by atoms with Crippen molar-refractivity contribution in [3.8, 4) is 0 Å². The van der Waals surface area contributed by atoms with Crippen molar-refractivity contribution >= 4 is 17.0 Å². The van der Waals surface area contributed by atoms with Crippen LogP contribution in [0.15, 0.2) is 12.7 Å². The highest BCUT2D eigenvalue weighted by atomic mass is 16.3. The predicted molar refractivity (Wildman–Crippen MR) is 63.2 cm³/mol. The van der Waals surface area contributed by atoms with Gasteiger partial charge in [0.2, 0.25) is 0 Å². The van der Waals surface area contributed by atoms with Crippen molar-refractivity contribution in [3.05, 3.63) is 12.7 Å². The number of nitrogen functional groups attached to an aromatic ring is 1. The van der Waals surface area contributed by atoms with Gasteiger partial charge in [-0.25, -0.2) is 15.0 Å². The first-order valence-corrected chi connectivity index (χ1v) is 5.88. The minimum absolute atomic E-state index is 0.0584. The summed E-state index contributed by atoms with van der Waals surface area (Å²) < 4.78 is 1.93. The predicted octanol–water partition coefficient (Wildman–Crippen LogP) is 0.884. The molecular formula is C11H15N5O. The van der Waals surface area contributed by atoms with Crippen LogP contribution in [0, 0.1) is 0 Å². The van der Waals surface area contributed by atoms with E-state index in [0.29, 0.717) is 17.0 Å². The van der Waals surface area contributed by atoms with Crippen molar-refractivity contribution in [2.45, 2.75) is 37.8 Å². The Morgan fingerprint density at radius 1 is 1.24 bits per heavy atom. The molecule has 1 saturated carbocycles. The summed E-state index contributed by atoms with van der Waals surface area (Å²) in [6, 6.07) is 0.0584. The zero-order chi connectivity index (χ0) is 11.8. The fourth-order valence-electron chi connectivity index (χ4n) is 2.53. The molecule has 6 heteroatoms. The molecule has 1 aliphatic rings. The van der Waals surface area contributed by atoms with Crippen LogP contribution in [0.25, 0.3) is 11.2 Å². The highest BCUT2D eigenvalue weighted by Gasteiger charge is 2.26. The molecule has 0 aliphatic heterocycles. The third kappa shape index (κ3) is 1.64. The summed E-state index contributed by atoms with van der Waals surface area (Å²) >= 11 is 0. The average Bonchev–Trinajstić information content (AvgIpc) is 2.75. The van der Waals surface area contributed by atoms with Gasteiger partial charge in [-0.3, -0.25) is 0 Å². The minimum Gasteiger partial charge on any atom is -0.391 e. The largest absolute Gasteiger partial charge is 0.391 e. The summed E-state index contributed by atoms with van der Waals surface area (Å²) in [5.74, 6) is 0.388. The molecule has 0 amide bonds. The van der Waals surface area contributed by atoms with Gasteiger partial charge in [0, 0.05) is 0 Å². The average molecular weight is 233 g/mol. The SMILES string of the molecule is Nc1ncnc2c1ncn2[C@@H]1CCCC[C@@H]1O. The zero-order valence-corrected chi connectivity index (χ0v) is 9.45. The van der Waals surface area contributed by atoms with Gasteiger partial charge in [0.1, 0.15) is 11.8 Å². The van der Waals surface area contributed by atoms with E-state index in [2.05, 4.69) is 15.0 Å². The number of aliphatic hydroxyl groups is 1.